The lowest BCUT2D eigenvalue weighted by Crippen LogP contribution is -2.03. The third-order valence-electron chi connectivity index (χ3n) is 3.54. The van der Waals surface area contributed by atoms with E-state index in [0.717, 1.165) is 5.56 Å². The van der Waals surface area contributed by atoms with Gasteiger partial charge in [0.15, 0.2) is 23.0 Å². The second-order valence-corrected chi connectivity index (χ2v) is 5.23. The highest BCUT2D eigenvalue weighted by atomic mass is 19.1. The molecule has 0 fully saturated rings. The fourth-order valence-electron chi connectivity index (χ4n) is 2.36. The third-order valence-corrected chi connectivity index (χ3v) is 3.54. The standard InChI is InChI=1S/C17H13FN6O/c18-13-6-11(3-4-14(13)25-12-2-1-5-19-8-12)7-20-16-15-17(22-9-21-15)24-10-23-16/h1-6,8-10H,7H2,(H2,20,21,22,23,24). The molecule has 0 radical (unpaired) electrons. The molecule has 8 heteroatoms. The average Bonchev–Trinajstić information content (AvgIpc) is 3.12. The van der Waals surface area contributed by atoms with Crippen LogP contribution in [0.1, 0.15) is 5.56 Å². The third kappa shape index (κ3) is 3.23. The largest absolute Gasteiger partial charge is 0.453 e. The van der Waals surface area contributed by atoms with Crippen LogP contribution in [0, 0.1) is 5.82 Å². The fourth-order valence-corrected chi connectivity index (χ4v) is 2.36. The Morgan fingerprint density at radius 2 is 2.12 bits per heavy atom. The van der Waals surface area contributed by atoms with Crippen LogP contribution in [0.4, 0.5) is 10.2 Å². The van der Waals surface area contributed by atoms with E-state index in [1.807, 2.05) is 0 Å². The van der Waals surface area contributed by atoms with Crippen molar-refractivity contribution >= 4 is 17.0 Å². The van der Waals surface area contributed by atoms with Gasteiger partial charge in [-0.15, -0.1) is 0 Å². The first-order valence-electron chi connectivity index (χ1n) is 7.54. The highest BCUT2D eigenvalue weighted by molar-refractivity contribution is 5.81. The van der Waals surface area contributed by atoms with Crippen molar-refractivity contribution in [2.24, 2.45) is 0 Å². The predicted molar refractivity (Wildman–Crippen MR) is 89.7 cm³/mol. The molecule has 25 heavy (non-hydrogen) atoms. The second kappa shape index (κ2) is 6.52. The van der Waals surface area contributed by atoms with Gasteiger partial charge in [0, 0.05) is 12.7 Å². The summed E-state index contributed by atoms with van der Waals surface area (Å²) < 4.78 is 19.7. The first kappa shape index (κ1) is 15.0. The van der Waals surface area contributed by atoms with Crippen LogP contribution < -0.4 is 10.1 Å². The van der Waals surface area contributed by atoms with Crippen molar-refractivity contribution in [1.29, 1.82) is 0 Å². The summed E-state index contributed by atoms with van der Waals surface area (Å²) in [5, 5.41) is 3.15. The minimum Gasteiger partial charge on any atom is -0.453 e. The Balaban J connectivity index is 1.48. The Labute approximate surface area is 142 Å². The van der Waals surface area contributed by atoms with Crippen LogP contribution in [0.25, 0.3) is 11.2 Å². The van der Waals surface area contributed by atoms with E-state index in [9.17, 15) is 4.39 Å². The van der Waals surface area contributed by atoms with E-state index in [2.05, 4.69) is 30.2 Å². The maximum absolute atomic E-state index is 14.2. The van der Waals surface area contributed by atoms with Gasteiger partial charge in [-0.3, -0.25) is 4.98 Å². The maximum Gasteiger partial charge on any atom is 0.182 e. The smallest absolute Gasteiger partial charge is 0.182 e. The number of pyridine rings is 1. The number of imidazole rings is 1. The lowest BCUT2D eigenvalue weighted by Gasteiger charge is -2.09. The molecule has 0 amide bonds. The summed E-state index contributed by atoms with van der Waals surface area (Å²) in [4.78, 5) is 19.2. The predicted octanol–water partition coefficient (Wildman–Crippen LogP) is 3.29. The average molecular weight is 336 g/mol. The quantitative estimate of drug-likeness (QED) is 0.581. The van der Waals surface area contributed by atoms with Gasteiger partial charge in [0.1, 0.15) is 17.6 Å². The molecule has 0 spiro atoms. The van der Waals surface area contributed by atoms with Gasteiger partial charge < -0.3 is 15.0 Å². The molecule has 0 aliphatic rings. The van der Waals surface area contributed by atoms with E-state index in [4.69, 9.17) is 4.74 Å². The number of benzene rings is 1. The molecule has 0 bridgehead atoms. The zero-order valence-corrected chi connectivity index (χ0v) is 13.0. The number of aromatic amines is 1. The summed E-state index contributed by atoms with van der Waals surface area (Å²) in [6.45, 7) is 0.398. The summed E-state index contributed by atoms with van der Waals surface area (Å²) in [5.74, 6) is 0.792. The van der Waals surface area contributed by atoms with Crippen molar-refractivity contribution in [2.45, 2.75) is 6.54 Å². The number of rotatable bonds is 5. The molecule has 0 atom stereocenters. The summed E-state index contributed by atoms with van der Waals surface area (Å²) in [6, 6.07) is 8.23. The molecule has 1 aromatic carbocycles. The van der Waals surface area contributed by atoms with E-state index in [0.29, 0.717) is 29.3 Å². The molecular weight excluding hydrogens is 323 g/mol. The molecule has 3 heterocycles. The minimum atomic E-state index is -0.447. The Morgan fingerprint density at radius 3 is 2.96 bits per heavy atom. The fraction of sp³-hybridized carbons (Fsp3) is 0.0588. The zero-order valence-electron chi connectivity index (χ0n) is 13.0. The molecule has 0 saturated carbocycles. The molecule has 124 valence electrons. The molecule has 0 unspecified atom stereocenters. The van der Waals surface area contributed by atoms with Gasteiger partial charge in [0.2, 0.25) is 0 Å². The number of hydrogen-bond donors (Lipinski definition) is 2. The number of hydrogen-bond acceptors (Lipinski definition) is 6. The summed E-state index contributed by atoms with van der Waals surface area (Å²) in [6.07, 6.45) is 6.13. The Hall–Kier alpha value is -3.55. The Kier molecular flexibility index (Phi) is 3.91. The van der Waals surface area contributed by atoms with Gasteiger partial charge in [-0.05, 0) is 29.8 Å². The van der Waals surface area contributed by atoms with Gasteiger partial charge in [-0.25, -0.2) is 19.3 Å². The lowest BCUT2D eigenvalue weighted by molar-refractivity contribution is 0.440. The minimum absolute atomic E-state index is 0.148. The molecule has 4 rings (SSSR count). The van der Waals surface area contributed by atoms with Gasteiger partial charge in [-0.1, -0.05) is 6.07 Å². The van der Waals surface area contributed by atoms with Crippen molar-refractivity contribution in [2.75, 3.05) is 5.32 Å². The van der Waals surface area contributed by atoms with E-state index < -0.39 is 5.82 Å². The lowest BCUT2D eigenvalue weighted by atomic mass is 10.2. The first-order valence-corrected chi connectivity index (χ1v) is 7.54. The number of H-pyrrole nitrogens is 1. The number of nitrogens with one attached hydrogen (secondary N) is 2. The van der Waals surface area contributed by atoms with Crippen molar-refractivity contribution in [1.82, 2.24) is 24.9 Å². The Bertz CT molecular complexity index is 1000. The zero-order chi connectivity index (χ0) is 17.1. The van der Waals surface area contributed by atoms with Gasteiger partial charge in [-0.2, -0.15) is 0 Å². The van der Waals surface area contributed by atoms with Crippen molar-refractivity contribution in [3.05, 3.63) is 66.8 Å². The summed E-state index contributed by atoms with van der Waals surface area (Å²) in [5.41, 5.74) is 2.03. The van der Waals surface area contributed by atoms with E-state index in [-0.39, 0.29) is 5.75 Å². The van der Waals surface area contributed by atoms with E-state index in [1.54, 1.807) is 36.8 Å². The molecule has 7 nitrogen and oxygen atoms in total. The SMILES string of the molecule is Fc1cc(CNc2ncnc3nc[nH]c23)ccc1Oc1cccnc1. The maximum atomic E-state index is 14.2. The van der Waals surface area contributed by atoms with Gasteiger partial charge in [0.05, 0.1) is 12.5 Å². The number of nitrogens with zero attached hydrogens (tertiary/aromatic N) is 4. The van der Waals surface area contributed by atoms with Crippen molar-refractivity contribution in [3.8, 4) is 11.5 Å². The van der Waals surface area contributed by atoms with Crippen LogP contribution >= 0.6 is 0 Å². The number of ether oxygens (including phenoxy) is 1. The second-order valence-electron chi connectivity index (χ2n) is 5.23. The van der Waals surface area contributed by atoms with Crippen LogP contribution in [0.2, 0.25) is 0 Å². The molecule has 4 aromatic rings. The van der Waals surface area contributed by atoms with Crippen LogP contribution in [0.15, 0.2) is 55.4 Å². The van der Waals surface area contributed by atoms with Gasteiger partial charge >= 0.3 is 0 Å². The van der Waals surface area contributed by atoms with Crippen LogP contribution in [0.5, 0.6) is 11.5 Å². The molecule has 2 N–H and O–H groups in total. The molecule has 0 aliphatic carbocycles. The summed E-state index contributed by atoms with van der Waals surface area (Å²) in [7, 11) is 0. The van der Waals surface area contributed by atoms with Gasteiger partial charge in [0.25, 0.3) is 0 Å². The number of fused-ring (bicyclic) bond motifs is 1. The topological polar surface area (TPSA) is 88.6 Å². The van der Waals surface area contributed by atoms with Crippen LogP contribution in [0.3, 0.4) is 0 Å². The van der Waals surface area contributed by atoms with Crippen LogP contribution in [-0.4, -0.2) is 24.9 Å². The number of halogens is 1. The highest BCUT2D eigenvalue weighted by Crippen LogP contribution is 2.25. The Morgan fingerprint density at radius 1 is 1.16 bits per heavy atom. The first-order chi connectivity index (χ1) is 12.3. The van der Waals surface area contributed by atoms with Crippen molar-refractivity contribution in [3.63, 3.8) is 0 Å². The molecule has 0 aliphatic heterocycles. The molecule has 3 aromatic heterocycles. The van der Waals surface area contributed by atoms with E-state index >= 15 is 0 Å². The number of anilines is 1. The highest BCUT2D eigenvalue weighted by Gasteiger charge is 2.08. The van der Waals surface area contributed by atoms with Crippen LogP contribution in [-0.2, 0) is 6.54 Å². The van der Waals surface area contributed by atoms with E-state index in [1.165, 1.54) is 18.6 Å². The summed E-state index contributed by atoms with van der Waals surface area (Å²) >= 11 is 0. The number of aromatic nitrogens is 5. The monoisotopic (exact) mass is 336 g/mol. The molecular formula is C17H13FN6O. The normalized spacial score (nSPS) is 10.8. The van der Waals surface area contributed by atoms with Crippen molar-refractivity contribution < 1.29 is 9.13 Å². The molecule has 0 saturated heterocycles.